The molecule has 0 bridgehead atoms. The average molecular weight is 488 g/mol. The molecule has 0 aromatic carbocycles. The van der Waals surface area contributed by atoms with Crippen molar-refractivity contribution in [2.75, 3.05) is 6.54 Å². The second-order valence-electron chi connectivity index (χ2n) is 7.37. The van der Waals surface area contributed by atoms with Crippen LogP contribution in [0.1, 0.15) is 63.9 Å². The van der Waals surface area contributed by atoms with Crippen molar-refractivity contribution < 1.29 is 9.84 Å². The molecule has 2 saturated carbocycles. The monoisotopic (exact) mass is 488 g/mol. The molecule has 6 nitrogen and oxygen atoms in total. The Balaban J connectivity index is 0.00000261. The first kappa shape index (κ1) is 22.2. The van der Waals surface area contributed by atoms with E-state index in [2.05, 4.69) is 22.5 Å². The van der Waals surface area contributed by atoms with Crippen LogP contribution in [-0.4, -0.2) is 40.8 Å². The molecule has 2 aliphatic rings. The summed E-state index contributed by atoms with van der Waals surface area (Å²) in [6, 6.07) is 4.38. The van der Waals surface area contributed by atoms with Crippen molar-refractivity contribution in [3.8, 4) is 5.88 Å². The molecular weight excluding hydrogens is 455 g/mol. The maximum absolute atomic E-state index is 9.65. The quantitative estimate of drug-likeness (QED) is 0.325. The van der Waals surface area contributed by atoms with Crippen LogP contribution in [-0.2, 0) is 6.54 Å². The second-order valence-corrected chi connectivity index (χ2v) is 7.37. The second kappa shape index (κ2) is 11.7. The highest BCUT2D eigenvalue weighted by molar-refractivity contribution is 14.0. The molecule has 1 heterocycles. The summed E-state index contributed by atoms with van der Waals surface area (Å²) >= 11 is 0. The highest BCUT2D eigenvalue weighted by Crippen LogP contribution is 2.23. The summed E-state index contributed by atoms with van der Waals surface area (Å²) in [6.45, 7) is 3.49. The van der Waals surface area contributed by atoms with Crippen LogP contribution in [0.15, 0.2) is 23.3 Å². The minimum Gasteiger partial charge on any atom is -0.474 e. The molecule has 0 atom stereocenters. The number of aromatic nitrogens is 1. The summed E-state index contributed by atoms with van der Waals surface area (Å²) < 4.78 is 5.99. The first-order valence-corrected chi connectivity index (χ1v) is 10.1. The van der Waals surface area contributed by atoms with Gasteiger partial charge in [0.1, 0.15) is 6.10 Å². The van der Waals surface area contributed by atoms with Gasteiger partial charge in [-0.2, -0.15) is 0 Å². The number of guanidine groups is 1. The zero-order chi connectivity index (χ0) is 18.2. The Morgan fingerprint density at radius 3 is 2.67 bits per heavy atom. The molecule has 152 valence electrons. The average Bonchev–Trinajstić information content (AvgIpc) is 3.15. The molecule has 0 radical (unpaired) electrons. The number of hydrogen-bond donors (Lipinski definition) is 3. The molecule has 0 spiro atoms. The molecule has 2 fully saturated rings. The molecule has 3 N–H and O–H groups in total. The largest absolute Gasteiger partial charge is 0.474 e. The molecule has 0 aliphatic heterocycles. The fourth-order valence-corrected chi connectivity index (χ4v) is 3.69. The SMILES string of the molecule is CCNC(=NCc1ccnc(OC2CCCC2)c1)NC1CCC(O)CC1.I. The molecule has 27 heavy (non-hydrogen) atoms. The Morgan fingerprint density at radius 2 is 1.96 bits per heavy atom. The zero-order valence-corrected chi connectivity index (χ0v) is 18.5. The van der Waals surface area contributed by atoms with Gasteiger partial charge in [0, 0.05) is 24.8 Å². The van der Waals surface area contributed by atoms with Crippen LogP contribution in [0, 0.1) is 0 Å². The Bertz CT molecular complexity index is 585. The molecule has 0 amide bonds. The van der Waals surface area contributed by atoms with Crippen LogP contribution in [0.2, 0.25) is 0 Å². The van der Waals surface area contributed by atoms with Crippen LogP contribution < -0.4 is 15.4 Å². The summed E-state index contributed by atoms with van der Waals surface area (Å²) in [5.41, 5.74) is 1.10. The Hall–Kier alpha value is -1.09. The van der Waals surface area contributed by atoms with Gasteiger partial charge in [-0.1, -0.05) is 0 Å². The summed E-state index contributed by atoms with van der Waals surface area (Å²) in [7, 11) is 0. The Kier molecular flexibility index (Phi) is 9.61. The molecule has 0 saturated heterocycles. The Labute approximate surface area is 179 Å². The third-order valence-corrected chi connectivity index (χ3v) is 5.19. The number of aliphatic imine (C=N–C) groups is 1. The van der Waals surface area contributed by atoms with Crippen molar-refractivity contribution in [3.05, 3.63) is 23.9 Å². The fraction of sp³-hybridized carbons (Fsp3) is 0.700. The highest BCUT2D eigenvalue weighted by atomic mass is 127. The third kappa shape index (κ3) is 7.44. The van der Waals surface area contributed by atoms with Crippen LogP contribution in [0.3, 0.4) is 0 Å². The number of pyridine rings is 1. The van der Waals surface area contributed by atoms with Crippen LogP contribution in [0.5, 0.6) is 5.88 Å². The number of hydrogen-bond acceptors (Lipinski definition) is 4. The number of aliphatic hydroxyl groups excluding tert-OH is 1. The minimum absolute atomic E-state index is 0. The topological polar surface area (TPSA) is 78.8 Å². The fourth-order valence-electron chi connectivity index (χ4n) is 3.69. The van der Waals surface area contributed by atoms with E-state index in [1.165, 1.54) is 12.8 Å². The molecule has 0 unspecified atom stereocenters. The van der Waals surface area contributed by atoms with E-state index >= 15 is 0 Å². The van der Waals surface area contributed by atoms with E-state index in [1.54, 1.807) is 6.20 Å². The van der Waals surface area contributed by atoms with Crippen molar-refractivity contribution in [1.29, 1.82) is 0 Å². The van der Waals surface area contributed by atoms with Crippen LogP contribution >= 0.6 is 24.0 Å². The number of rotatable bonds is 6. The van der Waals surface area contributed by atoms with Crippen LogP contribution in [0.25, 0.3) is 0 Å². The summed E-state index contributed by atoms with van der Waals surface area (Å²) in [6.07, 6.45) is 10.5. The van der Waals surface area contributed by atoms with E-state index in [0.29, 0.717) is 24.6 Å². The van der Waals surface area contributed by atoms with Gasteiger partial charge in [0.25, 0.3) is 0 Å². The zero-order valence-electron chi connectivity index (χ0n) is 16.2. The van der Waals surface area contributed by atoms with Gasteiger partial charge in [-0.05, 0) is 69.9 Å². The smallest absolute Gasteiger partial charge is 0.213 e. The van der Waals surface area contributed by atoms with Gasteiger partial charge in [-0.15, -0.1) is 24.0 Å². The number of halogens is 1. The predicted molar refractivity (Wildman–Crippen MR) is 119 cm³/mol. The standard InChI is InChI=1S/C20H32N4O2.HI/c1-2-21-20(24-16-7-9-17(25)10-8-16)23-14-15-11-12-22-19(13-15)26-18-5-3-4-6-18;/h11-13,16-18,25H,2-10,14H2,1H3,(H2,21,23,24);1H. The van der Waals surface area contributed by atoms with Gasteiger partial charge in [-0.3, -0.25) is 0 Å². The van der Waals surface area contributed by atoms with Gasteiger partial charge in [0.15, 0.2) is 5.96 Å². The van der Waals surface area contributed by atoms with E-state index in [9.17, 15) is 5.11 Å². The van der Waals surface area contributed by atoms with E-state index in [4.69, 9.17) is 9.73 Å². The number of ether oxygens (including phenoxy) is 1. The third-order valence-electron chi connectivity index (χ3n) is 5.19. The Morgan fingerprint density at radius 1 is 1.22 bits per heavy atom. The normalized spacial score (nSPS) is 23.6. The maximum Gasteiger partial charge on any atom is 0.213 e. The maximum atomic E-state index is 9.65. The van der Waals surface area contributed by atoms with Crippen molar-refractivity contribution in [1.82, 2.24) is 15.6 Å². The molecule has 3 rings (SSSR count). The molecule has 7 heteroatoms. The number of aliphatic hydroxyl groups is 1. The van der Waals surface area contributed by atoms with Crippen molar-refractivity contribution in [3.63, 3.8) is 0 Å². The first-order valence-electron chi connectivity index (χ1n) is 10.1. The lowest BCUT2D eigenvalue weighted by molar-refractivity contribution is 0.120. The summed E-state index contributed by atoms with van der Waals surface area (Å²) in [5.74, 6) is 1.55. The summed E-state index contributed by atoms with van der Waals surface area (Å²) in [4.78, 5) is 9.06. The predicted octanol–water partition coefficient (Wildman–Crippen LogP) is 3.38. The van der Waals surface area contributed by atoms with Gasteiger partial charge < -0.3 is 20.5 Å². The minimum atomic E-state index is -0.136. The molecule has 1 aromatic rings. The molecule has 1 aromatic heterocycles. The van der Waals surface area contributed by atoms with Crippen molar-refractivity contribution >= 4 is 29.9 Å². The van der Waals surface area contributed by atoms with Gasteiger partial charge >= 0.3 is 0 Å². The molecule has 2 aliphatic carbocycles. The van der Waals surface area contributed by atoms with Crippen LogP contribution in [0.4, 0.5) is 0 Å². The number of nitrogens with zero attached hydrogens (tertiary/aromatic N) is 2. The van der Waals surface area contributed by atoms with E-state index in [0.717, 1.165) is 56.6 Å². The lowest BCUT2D eigenvalue weighted by Crippen LogP contribution is -2.45. The first-order chi connectivity index (χ1) is 12.7. The van der Waals surface area contributed by atoms with E-state index in [1.807, 2.05) is 12.1 Å². The molecular formula is C20H33IN4O2. The highest BCUT2D eigenvalue weighted by Gasteiger charge is 2.20. The van der Waals surface area contributed by atoms with Gasteiger partial charge in [-0.25, -0.2) is 9.98 Å². The van der Waals surface area contributed by atoms with Crippen molar-refractivity contribution in [2.45, 2.75) is 83.1 Å². The summed E-state index contributed by atoms with van der Waals surface area (Å²) in [5, 5.41) is 16.5. The van der Waals surface area contributed by atoms with E-state index < -0.39 is 0 Å². The lowest BCUT2D eigenvalue weighted by atomic mass is 9.93. The number of nitrogens with one attached hydrogen (secondary N) is 2. The lowest BCUT2D eigenvalue weighted by Gasteiger charge is -2.27. The van der Waals surface area contributed by atoms with Crippen molar-refractivity contribution in [2.24, 2.45) is 4.99 Å². The van der Waals surface area contributed by atoms with E-state index in [-0.39, 0.29) is 30.1 Å². The van der Waals surface area contributed by atoms with Gasteiger partial charge in [0.2, 0.25) is 5.88 Å². The van der Waals surface area contributed by atoms with Gasteiger partial charge in [0.05, 0.1) is 12.6 Å².